The highest BCUT2D eigenvalue weighted by Gasteiger charge is 2.15. The minimum absolute atomic E-state index is 0.0746. The third kappa shape index (κ3) is 1.99. The quantitative estimate of drug-likeness (QED) is 0.772. The van der Waals surface area contributed by atoms with Gasteiger partial charge in [0.1, 0.15) is 4.88 Å². The van der Waals surface area contributed by atoms with E-state index in [0.29, 0.717) is 21.2 Å². The summed E-state index contributed by atoms with van der Waals surface area (Å²) in [7, 11) is 0. The SMILES string of the molecule is Cc1ccc(C(=O)c2snnc2C)cc1Cl. The molecule has 0 radical (unpaired) electrons. The molecule has 0 atom stereocenters. The van der Waals surface area contributed by atoms with Gasteiger partial charge in [-0.3, -0.25) is 4.79 Å². The van der Waals surface area contributed by atoms with Crippen LogP contribution in [0.4, 0.5) is 0 Å². The first kappa shape index (κ1) is 11.2. The van der Waals surface area contributed by atoms with Crippen molar-refractivity contribution in [2.45, 2.75) is 13.8 Å². The molecule has 5 heteroatoms. The number of carbonyl (C=O) groups is 1. The molecule has 0 fully saturated rings. The van der Waals surface area contributed by atoms with Crippen LogP contribution in [0.3, 0.4) is 0 Å². The lowest BCUT2D eigenvalue weighted by Crippen LogP contribution is -2.01. The van der Waals surface area contributed by atoms with Gasteiger partial charge in [0.25, 0.3) is 0 Å². The molecule has 1 heterocycles. The molecule has 0 N–H and O–H groups in total. The molecule has 0 unspecified atom stereocenters. The number of benzene rings is 1. The Hall–Kier alpha value is -1.26. The standard InChI is InChI=1S/C11H9ClN2OS/c1-6-3-4-8(5-9(6)12)10(15)11-7(2)13-14-16-11/h3-5H,1-2H3. The van der Waals surface area contributed by atoms with Crippen molar-refractivity contribution in [3.05, 3.63) is 44.9 Å². The van der Waals surface area contributed by atoms with Crippen LogP contribution in [-0.2, 0) is 0 Å². The van der Waals surface area contributed by atoms with E-state index in [4.69, 9.17) is 11.6 Å². The topological polar surface area (TPSA) is 42.9 Å². The van der Waals surface area contributed by atoms with Crippen LogP contribution >= 0.6 is 23.1 Å². The third-order valence-corrected chi connectivity index (χ3v) is 3.53. The van der Waals surface area contributed by atoms with Crippen LogP contribution in [0, 0.1) is 13.8 Å². The van der Waals surface area contributed by atoms with E-state index in [2.05, 4.69) is 9.59 Å². The molecule has 2 aromatic rings. The first-order valence-corrected chi connectivity index (χ1v) is 5.84. The molecule has 16 heavy (non-hydrogen) atoms. The number of ketones is 1. The van der Waals surface area contributed by atoms with Gasteiger partial charge in [-0.25, -0.2) is 0 Å². The summed E-state index contributed by atoms with van der Waals surface area (Å²) < 4.78 is 3.75. The summed E-state index contributed by atoms with van der Waals surface area (Å²) in [5.41, 5.74) is 2.19. The van der Waals surface area contributed by atoms with E-state index in [1.165, 1.54) is 0 Å². The van der Waals surface area contributed by atoms with Crippen molar-refractivity contribution in [3.63, 3.8) is 0 Å². The van der Waals surface area contributed by atoms with Crippen molar-refractivity contribution < 1.29 is 4.79 Å². The Morgan fingerprint density at radius 3 is 2.69 bits per heavy atom. The first-order valence-electron chi connectivity index (χ1n) is 4.69. The van der Waals surface area contributed by atoms with Gasteiger partial charge in [0.05, 0.1) is 5.69 Å². The number of hydrogen-bond acceptors (Lipinski definition) is 4. The summed E-state index contributed by atoms with van der Waals surface area (Å²) in [5, 5.41) is 4.42. The van der Waals surface area contributed by atoms with Crippen LogP contribution in [0.5, 0.6) is 0 Å². The zero-order valence-electron chi connectivity index (χ0n) is 8.82. The average Bonchev–Trinajstić information content (AvgIpc) is 2.67. The summed E-state index contributed by atoms with van der Waals surface area (Å²) in [4.78, 5) is 12.6. The molecular formula is C11H9ClN2OS. The number of halogens is 1. The van der Waals surface area contributed by atoms with Crippen LogP contribution in [0.25, 0.3) is 0 Å². The molecule has 0 aliphatic heterocycles. The molecule has 3 nitrogen and oxygen atoms in total. The van der Waals surface area contributed by atoms with Crippen LogP contribution in [0.2, 0.25) is 5.02 Å². The fourth-order valence-electron chi connectivity index (χ4n) is 1.30. The highest BCUT2D eigenvalue weighted by atomic mass is 35.5. The Kier molecular flexibility index (Phi) is 3.03. The van der Waals surface area contributed by atoms with Gasteiger partial charge < -0.3 is 0 Å². The van der Waals surface area contributed by atoms with Gasteiger partial charge in [-0.05, 0) is 37.0 Å². The lowest BCUT2D eigenvalue weighted by atomic mass is 10.1. The molecule has 0 spiro atoms. The smallest absolute Gasteiger partial charge is 0.206 e. The fourth-order valence-corrected chi connectivity index (χ4v) is 2.10. The summed E-state index contributed by atoms with van der Waals surface area (Å²) >= 11 is 7.09. The lowest BCUT2D eigenvalue weighted by Gasteiger charge is -2.01. The molecule has 2 rings (SSSR count). The molecule has 0 bridgehead atoms. The van der Waals surface area contributed by atoms with Gasteiger partial charge in [0.15, 0.2) is 0 Å². The van der Waals surface area contributed by atoms with Crippen molar-refractivity contribution >= 4 is 28.9 Å². The zero-order valence-corrected chi connectivity index (χ0v) is 10.4. The van der Waals surface area contributed by atoms with Gasteiger partial charge in [0.2, 0.25) is 5.78 Å². The lowest BCUT2D eigenvalue weighted by molar-refractivity contribution is 0.104. The molecular weight excluding hydrogens is 244 g/mol. The molecule has 1 aromatic carbocycles. The van der Waals surface area contributed by atoms with E-state index in [1.54, 1.807) is 19.1 Å². The van der Waals surface area contributed by atoms with Crippen molar-refractivity contribution in [1.29, 1.82) is 0 Å². The van der Waals surface area contributed by atoms with Crippen molar-refractivity contribution in [3.8, 4) is 0 Å². The largest absolute Gasteiger partial charge is 0.288 e. The molecule has 82 valence electrons. The van der Waals surface area contributed by atoms with Gasteiger partial charge >= 0.3 is 0 Å². The van der Waals surface area contributed by atoms with Crippen LogP contribution in [0.1, 0.15) is 26.5 Å². The monoisotopic (exact) mass is 252 g/mol. The maximum atomic E-state index is 12.1. The predicted octanol–water partition coefficient (Wildman–Crippen LogP) is 3.04. The number of carbonyl (C=O) groups excluding carboxylic acids is 1. The normalized spacial score (nSPS) is 10.4. The predicted molar refractivity (Wildman–Crippen MR) is 64.3 cm³/mol. The third-order valence-electron chi connectivity index (χ3n) is 2.29. The van der Waals surface area contributed by atoms with Crippen LogP contribution in [0.15, 0.2) is 18.2 Å². The zero-order chi connectivity index (χ0) is 11.7. The Morgan fingerprint density at radius 1 is 1.38 bits per heavy atom. The summed E-state index contributed by atoms with van der Waals surface area (Å²) in [6.45, 7) is 3.67. The highest BCUT2D eigenvalue weighted by molar-refractivity contribution is 7.08. The van der Waals surface area contributed by atoms with Crippen molar-refractivity contribution in [1.82, 2.24) is 9.59 Å². The Morgan fingerprint density at radius 2 is 2.12 bits per heavy atom. The molecule has 0 amide bonds. The average molecular weight is 253 g/mol. The van der Waals surface area contributed by atoms with E-state index in [0.717, 1.165) is 17.1 Å². The van der Waals surface area contributed by atoms with Gasteiger partial charge in [-0.15, -0.1) is 5.10 Å². The second-order valence-electron chi connectivity index (χ2n) is 3.48. The molecule has 0 aliphatic rings. The fraction of sp³-hybridized carbons (Fsp3) is 0.182. The van der Waals surface area contributed by atoms with E-state index < -0.39 is 0 Å². The number of rotatable bonds is 2. The van der Waals surface area contributed by atoms with Gasteiger partial charge in [0, 0.05) is 10.6 Å². The summed E-state index contributed by atoms with van der Waals surface area (Å²) in [5.74, 6) is -0.0746. The summed E-state index contributed by atoms with van der Waals surface area (Å²) in [6, 6.07) is 5.28. The first-order chi connectivity index (χ1) is 7.59. The van der Waals surface area contributed by atoms with Gasteiger partial charge in [-0.2, -0.15) is 0 Å². The maximum absolute atomic E-state index is 12.1. The second-order valence-corrected chi connectivity index (χ2v) is 4.64. The van der Waals surface area contributed by atoms with Crippen LogP contribution in [-0.4, -0.2) is 15.4 Å². The second kappa shape index (κ2) is 4.31. The Bertz CT molecular complexity index is 551. The maximum Gasteiger partial charge on any atom is 0.206 e. The highest BCUT2D eigenvalue weighted by Crippen LogP contribution is 2.21. The minimum atomic E-state index is -0.0746. The minimum Gasteiger partial charge on any atom is -0.288 e. The summed E-state index contributed by atoms with van der Waals surface area (Å²) in [6.07, 6.45) is 0. The number of hydrogen-bond donors (Lipinski definition) is 0. The molecule has 1 aromatic heterocycles. The van der Waals surface area contributed by atoms with Gasteiger partial charge in [-0.1, -0.05) is 28.2 Å². The Labute approximate surface area is 102 Å². The molecule has 0 saturated heterocycles. The van der Waals surface area contributed by atoms with Crippen LogP contribution < -0.4 is 0 Å². The molecule has 0 aliphatic carbocycles. The number of nitrogens with zero attached hydrogens (tertiary/aromatic N) is 2. The van der Waals surface area contributed by atoms with E-state index >= 15 is 0 Å². The number of aromatic nitrogens is 2. The van der Waals surface area contributed by atoms with E-state index in [1.807, 2.05) is 13.0 Å². The van der Waals surface area contributed by atoms with Crippen molar-refractivity contribution in [2.24, 2.45) is 0 Å². The van der Waals surface area contributed by atoms with E-state index in [-0.39, 0.29) is 5.78 Å². The molecule has 0 saturated carbocycles. The number of aryl methyl sites for hydroxylation is 2. The Balaban J connectivity index is 2.42. The van der Waals surface area contributed by atoms with E-state index in [9.17, 15) is 4.79 Å². The van der Waals surface area contributed by atoms with Crippen molar-refractivity contribution in [2.75, 3.05) is 0 Å².